The van der Waals surface area contributed by atoms with Crippen molar-refractivity contribution in [3.63, 3.8) is 0 Å². The lowest BCUT2D eigenvalue weighted by atomic mass is 10.2. The van der Waals surface area contributed by atoms with Gasteiger partial charge < -0.3 is 4.57 Å². The van der Waals surface area contributed by atoms with Crippen LogP contribution in [0, 0.1) is 0 Å². The molecule has 30 heavy (non-hydrogen) atoms. The molecule has 0 spiro atoms. The van der Waals surface area contributed by atoms with Crippen LogP contribution in [-0.4, -0.2) is 14.1 Å². The van der Waals surface area contributed by atoms with Crippen LogP contribution in [0.1, 0.15) is 11.1 Å². The number of hydrogen-bond acceptors (Lipinski definition) is 2. The number of hydrogen-bond donors (Lipinski definition) is 0. The van der Waals surface area contributed by atoms with E-state index in [9.17, 15) is 4.79 Å². The van der Waals surface area contributed by atoms with Crippen LogP contribution < -0.4 is 5.56 Å². The predicted octanol–water partition coefficient (Wildman–Crippen LogP) is 5.75. The summed E-state index contributed by atoms with van der Waals surface area (Å²) in [5, 5.41) is 2.24. The highest BCUT2D eigenvalue weighted by atomic mass is 35.5. The summed E-state index contributed by atoms with van der Waals surface area (Å²) < 4.78 is 3.61. The molecule has 0 aliphatic carbocycles. The highest BCUT2D eigenvalue weighted by Crippen LogP contribution is 2.28. The smallest absolute Gasteiger partial charge is 0.278 e. The lowest BCUT2D eigenvalue weighted by Crippen LogP contribution is -2.23. The van der Waals surface area contributed by atoms with E-state index in [-0.39, 0.29) is 5.56 Å². The van der Waals surface area contributed by atoms with E-state index in [1.807, 2.05) is 77.4 Å². The Kier molecular flexibility index (Phi) is 4.81. The van der Waals surface area contributed by atoms with Crippen molar-refractivity contribution in [3.05, 3.63) is 111 Å². The predicted molar refractivity (Wildman–Crippen MR) is 123 cm³/mol. The minimum absolute atomic E-state index is 0.108. The van der Waals surface area contributed by atoms with Gasteiger partial charge in [0.25, 0.3) is 5.56 Å². The molecule has 0 saturated carbocycles. The minimum atomic E-state index is -0.108. The number of halogens is 2. The van der Waals surface area contributed by atoms with Gasteiger partial charge in [0.1, 0.15) is 11.0 Å². The van der Waals surface area contributed by atoms with E-state index < -0.39 is 0 Å². The van der Waals surface area contributed by atoms with Crippen LogP contribution in [0.25, 0.3) is 21.9 Å². The summed E-state index contributed by atoms with van der Waals surface area (Å²) >= 11 is 12.7. The number of nitrogens with zero attached hydrogens (tertiary/aromatic N) is 3. The van der Waals surface area contributed by atoms with Crippen LogP contribution in [0.5, 0.6) is 0 Å². The van der Waals surface area contributed by atoms with Gasteiger partial charge in [0.15, 0.2) is 0 Å². The average molecular weight is 434 g/mol. The SMILES string of the molecule is O=c1c2c(ncn1Cc1ccccc1Cl)c1ccccc1n2Cc1ccccc1Cl. The standard InChI is InChI=1S/C24H17Cl2N3O/c25-19-10-4-1-7-16(19)13-28-15-27-22-18-9-3-6-12-21(18)29(23(22)24(28)30)14-17-8-2-5-11-20(17)26/h1-12,15H,13-14H2. The van der Waals surface area contributed by atoms with Crippen molar-refractivity contribution in [3.8, 4) is 0 Å². The Balaban J connectivity index is 1.74. The van der Waals surface area contributed by atoms with E-state index in [4.69, 9.17) is 23.2 Å². The van der Waals surface area contributed by atoms with Crippen LogP contribution in [0.4, 0.5) is 0 Å². The lowest BCUT2D eigenvalue weighted by molar-refractivity contribution is 0.738. The first-order chi connectivity index (χ1) is 14.6. The van der Waals surface area contributed by atoms with Gasteiger partial charge in [0.05, 0.1) is 18.4 Å². The highest BCUT2D eigenvalue weighted by molar-refractivity contribution is 6.31. The molecule has 0 saturated heterocycles. The van der Waals surface area contributed by atoms with Gasteiger partial charge in [-0.15, -0.1) is 0 Å². The number of rotatable bonds is 4. The molecule has 3 aromatic carbocycles. The van der Waals surface area contributed by atoms with Gasteiger partial charge in [-0.2, -0.15) is 0 Å². The molecule has 0 unspecified atom stereocenters. The van der Waals surface area contributed by atoms with E-state index in [2.05, 4.69) is 4.98 Å². The minimum Gasteiger partial charge on any atom is -0.330 e. The Morgan fingerprint density at radius 3 is 2.07 bits per heavy atom. The molecule has 0 aliphatic heterocycles. The van der Waals surface area contributed by atoms with E-state index in [1.54, 1.807) is 10.9 Å². The van der Waals surface area contributed by atoms with Crippen molar-refractivity contribution < 1.29 is 0 Å². The van der Waals surface area contributed by atoms with Crippen LogP contribution in [0.2, 0.25) is 10.0 Å². The van der Waals surface area contributed by atoms with E-state index in [1.165, 1.54) is 0 Å². The second kappa shape index (κ2) is 7.63. The molecule has 0 fully saturated rings. The second-order valence-electron chi connectivity index (χ2n) is 7.16. The first-order valence-corrected chi connectivity index (χ1v) is 10.3. The number of fused-ring (bicyclic) bond motifs is 3. The van der Waals surface area contributed by atoms with Gasteiger partial charge in [0.2, 0.25) is 0 Å². The number of para-hydroxylation sites is 1. The number of aromatic nitrogens is 3. The Morgan fingerprint density at radius 2 is 1.37 bits per heavy atom. The maximum absolute atomic E-state index is 13.5. The third kappa shape index (κ3) is 3.18. The average Bonchev–Trinajstić information content (AvgIpc) is 3.08. The second-order valence-corrected chi connectivity index (χ2v) is 7.98. The van der Waals surface area contributed by atoms with Crippen LogP contribution in [0.3, 0.4) is 0 Å². The van der Waals surface area contributed by atoms with Gasteiger partial charge in [-0.3, -0.25) is 9.36 Å². The van der Waals surface area contributed by atoms with Crippen molar-refractivity contribution in [1.82, 2.24) is 14.1 Å². The largest absolute Gasteiger partial charge is 0.330 e. The fourth-order valence-corrected chi connectivity index (χ4v) is 4.22. The Labute approximate surface area is 182 Å². The summed E-state index contributed by atoms with van der Waals surface area (Å²) in [7, 11) is 0. The third-order valence-corrected chi connectivity index (χ3v) is 6.06. The summed E-state index contributed by atoms with van der Waals surface area (Å²) in [5.41, 5.74) is 3.92. The lowest BCUT2D eigenvalue weighted by Gasteiger charge is -2.11. The molecular formula is C24H17Cl2N3O. The van der Waals surface area contributed by atoms with Crippen molar-refractivity contribution in [2.45, 2.75) is 13.1 Å². The molecule has 2 aromatic heterocycles. The van der Waals surface area contributed by atoms with Crippen molar-refractivity contribution in [2.24, 2.45) is 0 Å². The molecule has 5 rings (SSSR count). The fraction of sp³-hybridized carbons (Fsp3) is 0.0833. The van der Waals surface area contributed by atoms with E-state index in [0.29, 0.717) is 34.2 Å². The van der Waals surface area contributed by atoms with Gasteiger partial charge in [-0.1, -0.05) is 77.8 Å². The molecule has 0 bridgehead atoms. The summed E-state index contributed by atoms with van der Waals surface area (Å²) in [6, 6.07) is 23.1. The first kappa shape index (κ1) is 18.9. The molecule has 0 radical (unpaired) electrons. The zero-order chi connectivity index (χ0) is 20.7. The maximum Gasteiger partial charge on any atom is 0.278 e. The summed E-state index contributed by atoms with van der Waals surface area (Å²) in [6.07, 6.45) is 1.60. The fourth-order valence-electron chi connectivity index (χ4n) is 3.83. The molecule has 148 valence electrons. The molecule has 0 amide bonds. The molecule has 0 aliphatic rings. The summed E-state index contributed by atoms with van der Waals surface area (Å²) in [4.78, 5) is 18.2. The maximum atomic E-state index is 13.5. The van der Waals surface area contributed by atoms with Crippen molar-refractivity contribution in [2.75, 3.05) is 0 Å². The van der Waals surface area contributed by atoms with Crippen molar-refractivity contribution in [1.29, 1.82) is 0 Å². The highest BCUT2D eigenvalue weighted by Gasteiger charge is 2.17. The number of benzene rings is 3. The topological polar surface area (TPSA) is 39.8 Å². The van der Waals surface area contributed by atoms with Gasteiger partial charge in [-0.05, 0) is 29.3 Å². The Bertz CT molecular complexity index is 1450. The van der Waals surface area contributed by atoms with Gasteiger partial charge >= 0.3 is 0 Å². The molecule has 2 heterocycles. The monoisotopic (exact) mass is 433 g/mol. The molecule has 0 N–H and O–H groups in total. The van der Waals surface area contributed by atoms with Crippen LogP contribution >= 0.6 is 23.2 Å². The zero-order valence-corrected chi connectivity index (χ0v) is 17.4. The van der Waals surface area contributed by atoms with E-state index >= 15 is 0 Å². The van der Waals surface area contributed by atoms with Gasteiger partial charge in [0, 0.05) is 22.0 Å². The van der Waals surface area contributed by atoms with Crippen molar-refractivity contribution >= 4 is 45.1 Å². The third-order valence-electron chi connectivity index (χ3n) is 5.32. The zero-order valence-electron chi connectivity index (χ0n) is 15.9. The molecular weight excluding hydrogens is 417 g/mol. The molecule has 5 aromatic rings. The van der Waals surface area contributed by atoms with E-state index in [0.717, 1.165) is 22.0 Å². The molecule has 6 heteroatoms. The van der Waals surface area contributed by atoms with Crippen LogP contribution in [-0.2, 0) is 13.1 Å². The molecule has 4 nitrogen and oxygen atoms in total. The quantitative estimate of drug-likeness (QED) is 0.361. The van der Waals surface area contributed by atoms with Crippen LogP contribution in [0.15, 0.2) is 83.9 Å². The summed E-state index contributed by atoms with van der Waals surface area (Å²) in [6.45, 7) is 0.839. The first-order valence-electron chi connectivity index (χ1n) is 9.56. The summed E-state index contributed by atoms with van der Waals surface area (Å²) in [5.74, 6) is 0. The van der Waals surface area contributed by atoms with Gasteiger partial charge in [-0.25, -0.2) is 4.98 Å². The Morgan fingerprint density at radius 1 is 0.767 bits per heavy atom. The molecule has 0 atom stereocenters. The normalized spacial score (nSPS) is 11.4. The Hall–Kier alpha value is -3.08.